The van der Waals surface area contributed by atoms with E-state index in [0.717, 1.165) is 23.8 Å². The Hall–Kier alpha value is -2.60. The highest BCUT2D eigenvalue weighted by Gasteiger charge is 2.21. The first kappa shape index (κ1) is 18.2. The summed E-state index contributed by atoms with van der Waals surface area (Å²) in [6.07, 6.45) is 0. The quantitative estimate of drug-likeness (QED) is 0.885. The van der Waals surface area contributed by atoms with Crippen molar-refractivity contribution in [2.75, 3.05) is 50.6 Å². The number of benzene rings is 2. The Labute approximate surface area is 158 Å². The topological polar surface area (TPSA) is 54.0 Å². The number of urea groups is 1. The van der Waals surface area contributed by atoms with E-state index in [9.17, 15) is 4.79 Å². The Bertz CT molecular complexity index is 759. The molecule has 1 aliphatic rings. The van der Waals surface area contributed by atoms with Crippen LogP contribution in [0.15, 0.2) is 42.5 Å². The number of halogens is 1. The summed E-state index contributed by atoms with van der Waals surface area (Å²) < 4.78 is 10.5. The van der Waals surface area contributed by atoms with Crippen molar-refractivity contribution in [3.8, 4) is 11.5 Å². The number of carbonyl (C=O) groups is 1. The zero-order chi connectivity index (χ0) is 18.5. The van der Waals surface area contributed by atoms with Gasteiger partial charge in [0.05, 0.1) is 14.2 Å². The van der Waals surface area contributed by atoms with Gasteiger partial charge < -0.3 is 24.6 Å². The van der Waals surface area contributed by atoms with Crippen LogP contribution in [0.2, 0.25) is 5.02 Å². The molecule has 1 heterocycles. The fourth-order valence-corrected chi connectivity index (χ4v) is 3.06. The molecule has 138 valence electrons. The lowest BCUT2D eigenvalue weighted by atomic mass is 10.2. The molecular formula is C19H22ClN3O3. The highest BCUT2D eigenvalue weighted by atomic mass is 35.5. The predicted molar refractivity (Wildman–Crippen MR) is 104 cm³/mol. The van der Waals surface area contributed by atoms with Crippen LogP contribution in [0.3, 0.4) is 0 Å². The fraction of sp³-hybridized carbons (Fsp3) is 0.316. The van der Waals surface area contributed by atoms with Gasteiger partial charge in [0.2, 0.25) is 0 Å². The van der Waals surface area contributed by atoms with E-state index in [1.54, 1.807) is 32.4 Å². The molecule has 2 aromatic rings. The zero-order valence-corrected chi connectivity index (χ0v) is 15.6. The minimum atomic E-state index is -0.118. The molecular weight excluding hydrogens is 354 g/mol. The van der Waals surface area contributed by atoms with Crippen molar-refractivity contribution in [2.45, 2.75) is 0 Å². The second kappa shape index (κ2) is 8.19. The Morgan fingerprint density at radius 2 is 1.62 bits per heavy atom. The van der Waals surface area contributed by atoms with E-state index in [4.69, 9.17) is 21.1 Å². The van der Waals surface area contributed by atoms with Gasteiger partial charge in [0.25, 0.3) is 0 Å². The third kappa shape index (κ3) is 4.14. The van der Waals surface area contributed by atoms with Crippen molar-refractivity contribution in [3.05, 3.63) is 47.5 Å². The third-order valence-electron chi connectivity index (χ3n) is 4.39. The van der Waals surface area contributed by atoms with Gasteiger partial charge in [-0.3, -0.25) is 0 Å². The van der Waals surface area contributed by atoms with Crippen molar-refractivity contribution in [2.24, 2.45) is 0 Å². The highest BCUT2D eigenvalue weighted by Crippen LogP contribution is 2.30. The average molecular weight is 376 g/mol. The fourth-order valence-electron chi connectivity index (χ4n) is 2.94. The van der Waals surface area contributed by atoms with Gasteiger partial charge in [0.15, 0.2) is 11.5 Å². The summed E-state index contributed by atoms with van der Waals surface area (Å²) in [6, 6.07) is 13.0. The molecule has 0 unspecified atom stereocenters. The molecule has 0 aliphatic carbocycles. The largest absolute Gasteiger partial charge is 0.493 e. The van der Waals surface area contributed by atoms with E-state index >= 15 is 0 Å². The zero-order valence-electron chi connectivity index (χ0n) is 14.9. The van der Waals surface area contributed by atoms with E-state index in [0.29, 0.717) is 30.3 Å². The first-order valence-electron chi connectivity index (χ1n) is 8.39. The van der Waals surface area contributed by atoms with Crippen molar-refractivity contribution in [1.82, 2.24) is 4.90 Å². The van der Waals surface area contributed by atoms with Crippen LogP contribution in [0.4, 0.5) is 16.2 Å². The minimum absolute atomic E-state index is 0.118. The van der Waals surface area contributed by atoms with Crippen LogP contribution in [-0.4, -0.2) is 51.3 Å². The summed E-state index contributed by atoms with van der Waals surface area (Å²) in [5.74, 6) is 1.21. The number of rotatable bonds is 4. The van der Waals surface area contributed by atoms with Gasteiger partial charge >= 0.3 is 6.03 Å². The molecule has 2 amide bonds. The van der Waals surface area contributed by atoms with Gasteiger partial charge in [0, 0.05) is 48.6 Å². The Morgan fingerprint density at radius 3 is 2.23 bits per heavy atom. The number of piperazine rings is 1. The van der Waals surface area contributed by atoms with E-state index in [1.807, 2.05) is 29.2 Å². The first-order valence-corrected chi connectivity index (χ1v) is 8.77. The molecule has 0 saturated carbocycles. The molecule has 26 heavy (non-hydrogen) atoms. The van der Waals surface area contributed by atoms with Gasteiger partial charge in [-0.05, 0) is 36.4 Å². The number of nitrogens with one attached hydrogen (secondary N) is 1. The normalized spacial score (nSPS) is 14.1. The highest BCUT2D eigenvalue weighted by molar-refractivity contribution is 6.30. The van der Waals surface area contributed by atoms with E-state index in [1.165, 1.54) is 0 Å². The lowest BCUT2D eigenvalue weighted by Gasteiger charge is -2.36. The number of amides is 2. The maximum absolute atomic E-state index is 12.5. The van der Waals surface area contributed by atoms with E-state index in [2.05, 4.69) is 10.2 Å². The maximum atomic E-state index is 12.5. The van der Waals surface area contributed by atoms with Crippen LogP contribution in [0, 0.1) is 0 Å². The molecule has 7 heteroatoms. The summed E-state index contributed by atoms with van der Waals surface area (Å²) in [6.45, 7) is 2.87. The molecule has 0 spiro atoms. The number of anilines is 2. The van der Waals surface area contributed by atoms with Crippen molar-refractivity contribution < 1.29 is 14.3 Å². The lowest BCUT2D eigenvalue weighted by molar-refractivity contribution is 0.208. The van der Waals surface area contributed by atoms with Crippen LogP contribution >= 0.6 is 11.6 Å². The van der Waals surface area contributed by atoms with Crippen LogP contribution in [-0.2, 0) is 0 Å². The van der Waals surface area contributed by atoms with Gasteiger partial charge in [-0.25, -0.2) is 4.79 Å². The summed E-state index contributed by atoms with van der Waals surface area (Å²) >= 11 is 5.94. The molecule has 6 nitrogen and oxygen atoms in total. The monoisotopic (exact) mass is 375 g/mol. The summed E-state index contributed by atoms with van der Waals surface area (Å²) in [4.78, 5) is 16.6. The molecule has 1 aliphatic heterocycles. The number of ether oxygens (including phenoxy) is 2. The Balaban J connectivity index is 1.57. The lowest BCUT2D eigenvalue weighted by Crippen LogP contribution is -2.50. The number of nitrogens with zero attached hydrogens (tertiary/aromatic N) is 2. The van der Waals surface area contributed by atoms with Crippen LogP contribution in [0.5, 0.6) is 11.5 Å². The summed E-state index contributed by atoms with van der Waals surface area (Å²) in [5, 5.41) is 3.64. The molecule has 3 rings (SSSR count). The molecule has 0 bridgehead atoms. The van der Waals surface area contributed by atoms with Crippen molar-refractivity contribution in [1.29, 1.82) is 0 Å². The third-order valence-corrected chi connectivity index (χ3v) is 4.65. The molecule has 2 aromatic carbocycles. The van der Waals surface area contributed by atoms with Crippen LogP contribution < -0.4 is 19.7 Å². The number of hydrogen-bond acceptors (Lipinski definition) is 4. The smallest absolute Gasteiger partial charge is 0.321 e. The Morgan fingerprint density at radius 1 is 0.962 bits per heavy atom. The summed E-state index contributed by atoms with van der Waals surface area (Å²) in [7, 11) is 3.15. The van der Waals surface area contributed by atoms with Crippen LogP contribution in [0.25, 0.3) is 0 Å². The SMILES string of the molecule is COc1ccc(NC(=O)N2CCN(c3ccc(Cl)cc3)CC2)cc1OC. The molecule has 1 N–H and O–H groups in total. The van der Waals surface area contributed by atoms with Gasteiger partial charge in [-0.2, -0.15) is 0 Å². The van der Waals surface area contributed by atoms with Gasteiger partial charge in [-0.15, -0.1) is 0 Å². The van der Waals surface area contributed by atoms with E-state index < -0.39 is 0 Å². The maximum Gasteiger partial charge on any atom is 0.321 e. The molecule has 1 saturated heterocycles. The van der Waals surface area contributed by atoms with Gasteiger partial charge in [0.1, 0.15) is 0 Å². The van der Waals surface area contributed by atoms with E-state index in [-0.39, 0.29) is 6.03 Å². The molecule has 0 radical (unpaired) electrons. The number of carbonyl (C=O) groups excluding carboxylic acids is 1. The Kier molecular flexibility index (Phi) is 5.73. The van der Waals surface area contributed by atoms with Crippen LogP contribution in [0.1, 0.15) is 0 Å². The second-order valence-electron chi connectivity index (χ2n) is 5.95. The first-order chi connectivity index (χ1) is 12.6. The van der Waals surface area contributed by atoms with Gasteiger partial charge in [-0.1, -0.05) is 11.6 Å². The van der Waals surface area contributed by atoms with Crippen molar-refractivity contribution >= 4 is 29.0 Å². The predicted octanol–water partition coefficient (Wildman–Crippen LogP) is 3.71. The minimum Gasteiger partial charge on any atom is -0.493 e. The molecule has 0 aromatic heterocycles. The number of hydrogen-bond donors (Lipinski definition) is 1. The standard InChI is InChI=1S/C19H22ClN3O3/c1-25-17-8-5-15(13-18(17)26-2)21-19(24)23-11-9-22(10-12-23)16-6-3-14(20)4-7-16/h3-8,13H,9-12H2,1-2H3,(H,21,24). The summed E-state index contributed by atoms with van der Waals surface area (Å²) in [5.41, 5.74) is 1.79. The molecule has 1 fully saturated rings. The number of methoxy groups -OCH3 is 2. The average Bonchev–Trinajstić information content (AvgIpc) is 2.68. The van der Waals surface area contributed by atoms with Crippen molar-refractivity contribution in [3.63, 3.8) is 0 Å². The molecule has 0 atom stereocenters. The second-order valence-corrected chi connectivity index (χ2v) is 6.39.